The molecule has 2 nitrogen and oxygen atoms in total. The Morgan fingerprint density at radius 3 is 2.20 bits per heavy atom. The van der Waals surface area contributed by atoms with Crippen molar-refractivity contribution in [2.24, 2.45) is 0 Å². The standard InChI is InChI=1S/C18H23NO/c1-14(13-16-7-5-4-6-8-16)19-15(2)17-9-11-18(20-3)12-10-17/h4-12,14-15,19H,13H2,1-3H3/t14?,15-/m0/s1. The van der Waals surface area contributed by atoms with Crippen LogP contribution >= 0.6 is 0 Å². The maximum atomic E-state index is 5.19. The molecule has 2 aromatic rings. The molecule has 0 aliphatic carbocycles. The number of hydrogen-bond acceptors (Lipinski definition) is 2. The molecule has 0 bridgehead atoms. The predicted molar refractivity (Wildman–Crippen MR) is 84.2 cm³/mol. The van der Waals surface area contributed by atoms with E-state index in [9.17, 15) is 0 Å². The van der Waals surface area contributed by atoms with Gasteiger partial charge >= 0.3 is 0 Å². The highest BCUT2D eigenvalue weighted by Gasteiger charge is 2.10. The average Bonchev–Trinajstić information content (AvgIpc) is 2.48. The van der Waals surface area contributed by atoms with Crippen LogP contribution in [0, 0.1) is 0 Å². The Balaban J connectivity index is 1.91. The van der Waals surface area contributed by atoms with Gasteiger partial charge in [-0.1, -0.05) is 42.5 Å². The van der Waals surface area contributed by atoms with Crippen LogP contribution in [0.4, 0.5) is 0 Å². The molecule has 0 spiro atoms. The average molecular weight is 269 g/mol. The van der Waals surface area contributed by atoms with Crippen molar-refractivity contribution in [3.63, 3.8) is 0 Å². The maximum Gasteiger partial charge on any atom is 0.118 e. The maximum absolute atomic E-state index is 5.19. The van der Waals surface area contributed by atoms with Gasteiger partial charge in [0, 0.05) is 12.1 Å². The number of nitrogens with one attached hydrogen (secondary N) is 1. The summed E-state index contributed by atoms with van der Waals surface area (Å²) >= 11 is 0. The lowest BCUT2D eigenvalue weighted by Crippen LogP contribution is -2.30. The van der Waals surface area contributed by atoms with Gasteiger partial charge in [-0.25, -0.2) is 0 Å². The van der Waals surface area contributed by atoms with E-state index >= 15 is 0 Å². The second-order valence-electron chi connectivity index (χ2n) is 5.25. The first kappa shape index (κ1) is 14.6. The molecule has 0 fully saturated rings. The van der Waals surface area contributed by atoms with Gasteiger partial charge in [0.25, 0.3) is 0 Å². The zero-order valence-corrected chi connectivity index (χ0v) is 12.5. The Hall–Kier alpha value is -1.80. The molecule has 106 valence electrons. The molecule has 0 amide bonds. The fraction of sp³-hybridized carbons (Fsp3) is 0.333. The second-order valence-corrected chi connectivity index (χ2v) is 5.25. The summed E-state index contributed by atoms with van der Waals surface area (Å²) in [5.41, 5.74) is 2.65. The molecule has 0 aliphatic heterocycles. The fourth-order valence-corrected chi connectivity index (χ4v) is 2.44. The van der Waals surface area contributed by atoms with E-state index in [2.05, 4.69) is 61.6 Å². The first-order chi connectivity index (χ1) is 9.69. The van der Waals surface area contributed by atoms with Gasteiger partial charge in [0.2, 0.25) is 0 Å². The molecular weight excluding hydrogens is 246 g/mol. The predicted octanol–water partition coefficient (Wildman–Crippen LogP) is 3.98. The highest BCUT2D eigenvalue weighted by atomic mass is 16.5. The summed E-state index contributed by atoms with van der Waals surface area (Å²) in [6, 6.07) is 19.6. The second kappa shape index (κ2) is 7.11. The monoisotopic (exact) mass is 269 g/mol. The van der Waals surface area contributed by atoms with Crippen LogP contribution in [0.15, 0.2) is 54.6 Å². The Kier molecular flexibility index (Phi) is 5.19. The van der Waals surface area contributed by atoms with Crippen molar-refractivity contribution in [1.29, 1.82) is 0 Å². The van der Waals surface area contributed by atoms with Crippen LogP contribution in [0.2, 0.25) is 0 Å². The fourth-order valence-electron chi connectivity index (χ4n) is 2.44. The van der Waals surface area contributed by atoms with Crippen molar-refractivity contribution < 1.29 is 4.74 Å². The third-order valence-corrected chi connectivity index (χ3v) is 3.54. The first-order valence-electron chi connectivity index (χ1n) is 7.13. The number of ether oxygens (including phenoxy) is 1. The van der Waals surface area contributed by atoms with Gasteiger partial charge in [0.05, 0.1) is 7.11 Å². The van der Waals surface area contributed by atoms with Gasteiger partial charge in [-0.3, -0.25) is 0 Å². The molecule has 0 radical (unpaired) electrons. The van der Waals surface area contributed by atoms with Gasteiger partial charge < -0.3 is 10.1 Å². The molecule has 2 atom stereocenters. The van der Waals surface area contributed by atoms with Crippen molar-refractivity contribution in [3.8, 4) is 5.75 Å². The van der Waals surface area contributed by atoms with Gasteiger partial charge in [-0.15, -0.1) is 0 Å². The molecule has 2 rings (SSSR count). The largest absolute Gasteiger partial charge is 0.497 e. The summed E-state index contributed by atoms with van der Waals surface area (Å²) in [5, 5.41) is 3.64. The van der Waals surface area contributed by atoms with Crippen LogP contribution < -0.4 is 10.1 Å². The van der Waals surface area contributed by atoms with Crippen molar-refractivity contribution in [1.82, 2.24) is 5.32 Å². The summed E-state index contributed by atoms with van der Waals surface area (Å²) in [6.07, 6.45) is 1.04. The molecule has 0 saturated heterocycles. The molecule has 1 unspecified atom stereocenters. The van der Waals surface area contributed by atoms with E-state index < -0.39 is 0 Å². The summed E-state index contributed by atoms with van der Waals surface area (Å²) in [6.45, 7) is 4.43. The summed E-state index contributed by atoms with van der Waals surface area (Å²) in [4.78, 5) is 0. The van der Waals surface area contributed by atoms with Crippen molar-refractivity contribution >= 4 is 0 Å². The van der Waals surface area contributed by atoms with E-state index in [1.807, 2.05) is 12.1 Å². The third kappa shape index (κ3) is 4.10. The summed E-state index contributed by atoms with van der Waals surface area (Å²) < 4.78 is 5.19. The van der Waals surface area contributed by atoms with E-state index in [0.29, 0.717) is 12.1 Å². The minimum absolute atomic E-state index is 0.333. The quantitative estimate of drug-likeness (QED) is 0.856. The van der Waals surface area contributed by atoms with Crippen molar-refractivity contribution in [2.45, 2.75) is 32.4 Å². The van der Waals surface area contributed by atoms with Crippen LogP contribution in [0.1, 0.15) is 31.0 Å². The lowest BCUT2D eigenvalue weighted by Gasteiger charge is -2.20. The SMILES string of the molecule is COc1ccc([C@H](C)NC(C)Cc2ccccc2)cc1. The summed E-state index contributed by atoms with van der Waals surface area (Å²) in [7, 11) is 1.69. The Bertz CT molecular complexity index is 507. The molecule has 20 heavy (non-hydrogen) atoms. The molecule has 0 aliphatic rings. The number of benzene rings is 2. The molecular formula is C18H23NO. The van der Waals surface area contributed by atoms with E-state index in [-0.39, 0.29) is 0 Å². The van der Waals surface area contributed by atoms with Crippen LogP contribution in [0.3, 0.4) is 0 Å². The Morgan fingerprint density at radius 1 is 0.950 bits per heavy atom. The van der Waals surface area contributed by atoms with E-state index in [0.717, 1.165) is 12.2 Å². The van der Waals surface area contributed by atoms with Gasteiger partial charge in [0.1, 0.15) is 5.75 Å². The Morgan fingerprint density at radius 2 is 1.60 bits per heavy atom. The minimum atomic E-state index is 0.333. The van der Waals surface area contributed by atoms with E-state index in [4.69, 9.17) is 4.74 Å². The summed E-state index contributed by atoms with van der Waals surface area (Å²) in [5.74, 6) is 0.901. The molecule has 2 aromatic carbocycles. The lowest BCUT2D eigenvalue weighted by molar-refractivity contribution is 0.414. The van der Waals surface area contributed by atoms with Crippen LogP contribution in [0.25, 0.3) is 0 Å². The van der Waals surface area contributed by atoms with E-state index in [1.54, 1.807) is 7.11 Å². The highest BCUT2D eigenvalue weighted by molar-refractivity contribution is 5.29. The number of rotatable bonds is 6. The number of hydrogen-bond donors (Lipinski definition) is 1. The van der Waals surface area contributed by atoms with E-state index in [1.165, 1.54) is 11.1 Å². The zero-order valence-electron chi connectivity index (χ0n) is 12.5. The van der Waals surface area contributed by atoms with Crippen LogP contribution in [-0.2, 0) is 6.42 Å². The highest BCUT2D eigenvalue weighted by Crippen LogP contribution is 2.18. The minimum Gasteiger partial charge on any atom is -0.497 e. The van der Waals surface area contributed by atoms with Gasteiger partial charge in [-0.2, -0.15) is 0 Å². The smallest absolute Gasteiger partial charge is 0.118 e. The molecule has 0 heterocycles. The van der Waals surface area contributed by atoms with Gasteiger partial charge in [-0.05, 0) is 43.5 Å². The molecule has 1 N–H and O–H groups in total. The topological polar surface area (TPSA) is 21.3 Å². The Labute approximate surface area is 121 Å². The lowest BCUT2D eigenvalue weighted by atomic mass is 10.0. The van der Waals surface area contributed by atoms with Crippen molar-refractivity contribution in [3.05, 3.63) is 65.7 Å². The zero-order chi connectivity index (χ0) is 14.4. The first-order valence-corrected chi connectivity index (χ1v) is 7.13. The van der Waals surface area contributed by atoms with Gasteiger partial charge in [0.15, 0.2) is 0 Å². The normalized spacial score (nSPS) is 13.8. The third-order valence-electron chi connectivity index (χ3n) is 3.54. The van der Waals surface area contributed by atoms with Crippen LogP contribution in [0.5, 0.6) is 5.75 Å². The van der Waals surface area contributed by atoms with Crippen LogP contribution in [-0.4, -0.2) is 13.2 Å². The number of methoxy groups -OCH3 is 1. The van der Waals surface area contributed by atoms with Crippen molar-refractivity contribution in [2.75, 3.05) is 7.11 Å². The molecule has 2 heteroatoms. The molecule has 0 aromatic heterocycles. The molecule has 0 saturated carbocycles.